The Morgan fingerprint density at radius 2 is 0.636 bits per heavy atom. The van der Waals surface area contributed by atoms with Gasteiger partial charge < -0.3 is 0 Å². The van der Waals surface area contributed by atoms with Crippen molar-refractivity contribution in [1.82, 2.24) is 0 Å². The maximum Gasteiger partial charge on any atom is -0.0150 e. The average Bonchev–Trinajstić information content (AvgIpc) is 2.89. The highest BCUT2D eigenvalue weighted by Crippen LogP contribution is 2.41. The molecule has 0 fully saturated rings. The van der Waals surface area contributed by atoms with Crippen LogP contribution in [0.25, 0.3) is 0 Å². The molecule has 4 atom stereocenters. The molecule has 4 aromatic rings. The first-order chi connectivity index (χ1) is 16.2. The quantitative estimate of drug-likeness (QED) is 0.234. The highest BCUT2D eigenvalue weighted by Gasteiger charge is 2.24. The number of benzene rings is 4. The van der Waals surface area contributed by atoms with E-state index in [2.05, 4.69) is 135 Å². The maximum absolute atomic E-state index is 2.38. The highest BCUT2D eigenvalue weighted by atomic mass is 14.3. The fourth-order valence-corrected chi connectivity index (χ4v) is 5.22. The molecule has 0 amide bonds. The molecule has 0 heterocycles. The second-order valence-corrected chi connectivity index (χ2v) is 9.55. The Labute approximate surface area is 200 Å². The van der Waals surface area contributed by atoms with E-state index in [4.69, 9.17) is 0 Å². The lowest BCUT2D eigenvalue weighted by Crippen LogP contribution is -2.12. The van der Waals surface area contributed by atoms with Gasteiger partial charge >= 0.3 is 0 Å². The summed E-state index contributed by atoms with van der Waals surface area (Å²) in [5.41, 5.74) is 5.81. The summed E-state index contributed by atoms with van der Waals surface area (Å²) in [7, 11) is 0. The summed E-state index contributed by atoms with van der Waals surface area (Å²) in [6.45, 7) is 4.77. The van der Waals surface area contributed by atoms with Gasteiger partial charge in [-0.15, -0.1) is 0 Å². The van der Waals surface area contributed by atoms with Gasteiger partial charge in [0.2, 0.25) is 0 Å². The minimum atomic E-state index is 0.523. The van der Waals surface area contributed by atoms with Crippen molar-refractivity contribution in [1.29, 1.82) is 0 Å². The summed E-state index contributed by atoms with van der Waals surface area (Å²) in [6.07, 6.45) is 3.50. The zero-order valence-electron chi connectivity index (χ0n) is 20.0. The Bertz CT molecular complexity index is 965. The molecule has 33 heavy (non-hydrogen) atoms. The van der Waals surface area contributed by atoms with Gasteiger partial charge in [-0.25, -0.2) is 0 Å². The molecule has 0 N–H and O–H groups in total. The van der Waals surface area contributed by atoms with Crippen LogP contribution in [0.2, 0.25) is 0 Å². The summed E-state index contributed by atoms with van der Waals surface area (Å²) in [6, 6.07) is 44.3. The Kier molecular flexibility index (Phi) is 8.14. The summed E-state index contributed by atoms with van der Waals surface area (Å²) in [5.74, 6) is 2.10. The SMILES string of the molecule is CC(CC(CC(CC(C)c1ccccc1)c1ccccc1)c1ccccc1)c1ccccc1. The van der Waals surface area contributed by atoms with Gasteiger partial charge in [0.25, 0.3) is 0 Å². The van der Waals surface area contributed by atoms with E-state index in [0.717, 1.165) is 12.8 Å². The lowest BCUT2D eigenvalue weighted by atomic mass is 9.76. The van der Waals surface area contributed by atoms with Gasteiger partial charge in [-0.05, 0) is 65.2 Å². The van der Waals surface area contributed by atoms with Crippen LogP contribution >= 0.6 is 0 Å². The van der Waals surface area contributed by atoms with Crippen molar-refractivity contribution in [2.24, 2.45) is 0 Å². The molecule has 0 aliphatic heterocycles. The van der Waals surface area contributed by atoms with Crippen LogP contribution in [0.15, 0.2) is 121 Å². The molecule has 0 aliphatic carbocycles. The average molecular weight is 433 g/mol. The second kappa shape index (κ2) is 11.7. The van der Waals surface area contributed by atoms with E-state index in [9.17, 15) is 0 Å². The third-order valence-electron chi connectivity index (χ3n) is 7.12. The maximum atomic E-state index is 2.38. The third-order valence-corrected chi connectivity index (χ3v) is 7.12. The van der Waals surface area contributed by atoms with E-state index in [-0.39, 0.29) is 0 Å². The predicted molar refractivity (Wildman–Crippen MR) is 142 cm³/mol. The fourth-order valence-electron chi connectivity index (χ4n) is 5.22. The van der Waals surface area contributed by atoms with E-state index in [0.29, 0.717) is 23.7 Å². The minimum absolute atomic E-state index is 0.523. The van der Waals surface area contributed by atoms with Gasteiger partial charge in [0.1, 0.15) is 0 Å². The van der Waals surface area contributed by atoms with Gasteiger partial charge in [0, 0.05) is 0 Å². The molecule has 0 nitrogen and oxygen atoms in total. The fraction of sp³-hybridized carbons (Fsp3) is 0.273. The zero-order chi connectivity index (χ0) is 22.9. The van der Waals surface area contributed by atoms with Crippen molar-refractivity contribution in [3.63, 3.8) is 0 Å². The normalized spacial score (nSPS) is 14.8. The van der Waals surface area contributed by atoms with Gasteiger partial charge in [-0.1, -0.05) is 135 Å². The summed E-state index contributed by atoms with van der Waals surface area (Å²) < 4.78 is 0. The molecular formula is C33H36. The predicted octanol–water partition coefficient (Wildman–Crippen LogP) is 9.33. The lowest BCUT2D eigenvalue weighted by molar-refractivity contribution is 0.440. The first-order valence-corrected chi connectivity index (χ1v) is 12.4. The van der Waals surface area contributed by atoms with Crippen molar-refractivity contribution >= 4 is 0 Å². The molecule has 0 spiro atoms. The molecule has 0 aliphatic rings. The van der Waals surface area contributed by atoms with Gasteiger partial charge in [0.15, 0.2) is 0 Å². The lowest BCUT2D eigenvalue weighted by Gasteiger charge is -2.29. The van der Waals surface area contributed by atoms with Crippen LogP contribution in [0, 0.1) is 0 Å². The van der Waals surface area contributed by atoms with Gasteiger partial charge in [0.05, 0.1) is 0 Å². The van der Waals surface area contributed by atoms with E-state index in [1.165, 1.54) is 28.7 Å². The largest absolute Gasteiger partial charge is 0.0622 e. The number of hydrogen-bond donors (Lipinski definition) is 0. The molecule has 4 rings (SSSR count). The topological polar surface area (TPSA) is 0 Å². The molecule has 0 heteroatoms. The molecule has 168 valence electrons. The number of rotatable bonds is 10. The third kappa shape index (κ3) is 6.45. The van der Waals surface area contributed by atoms with Crippen LogP contribution in [0.4, 0.5) is 0 Å². The van der Waals surface area contributed by atoms with Gasteiger partial charge in [-0.2, -0.15) is 0 Å². The Morgan fingerprint density at radius 3 is 0.939 bits per heavy atom. The minimum Gasteiger partial charge on any atom is -0.0622 e. The van der Waals surface area contributed by atoms with E-state index in [1.54, 1.807) is 0 Å². The van der Waals surface area contributed by atoms with Crippen LogP contribution in [0.5, 0.6) is 0 Å². The first-order valence-electron chi connectivity index (χ1n) is 12.4. The molecule has 4 unspecified atom stereocenters. The van der Waals surface area contributed by atoms with Crippen molar-refractivity contribution in [3.8, 4) is 0 Å². The van der Waals surface area contributed by atoms with E-state index in [1.807, 2.05) is 0 Å². The summed E-state index contributed by atoms with van der Waals surface area (Å²) in [5, 5.41) is 0. The zero-order valence-corrected chi connectivity index (χ0v) is 20.0. The smallest absolute Gasteiger partial charge is 0.0150 e. The summed E-state index contributed by atoms with van der Waals surface area (Å²) in [4.78, 5) is 0. The molecule has 0 bridgehead atoms. The standard InChI is InChI=1S/C33H36/c1-26(28-15-7-3-8-16-28)23-32(30-19-11-5-12-20-30)25-33(31-21-13-6-14-22-31)24-27(2)29-17-9-4-10-18-29/h3-22,26-27,32-33H,23-25H2,1-2H3. The van der Waals surface area contributed by atoms with E-state index < -0.39 is 0 Å². The Morgan fingerprint density at radius 1 is 0.364 bits per heavy atom. The molecule has 0 radical (unpaired) electrons. The summed E-state index contributed by atoms with van der Waals surface area (Å²) >= 11 is 0. The van der Waals surface area contributed by atoms with Crippen LogP contribution < -0.4 is 0 Å². The monoisotopic (exact) mass is 432 g/mol. The van der Waals surface area contributed by atoms with Crippen LogP contribution in [0.3, 0.4) is 0 Å². The van der Waals surface area contributed by atoms with E-state index >= 15 is 0 Å². The van der Waals surface area contributed by atoms with Crippen molar-refractivity contribution in [2.45, 2.75) is 56.8 Å². The van der Waals surface area contributed by atoms with Crippen molar-refractivity contribution in [2.75, 3.05) is 0 Å². The van der Waals surface area contributed by atoms with Crippen LogP contribution in [-0.2, 0) is 0 Å². The Balaban J connectivity index is 1.60. The molecule has 0 aromatic heterocycles. The molecule has 0 saturated carbocycles. The Hall–Kier alpha value is -3.12. The molecule has 4 aromatic carbocycles. The molecule has 0 saturated heterocycles. The van der Waals surface area contributed by atoms with Crippen molar-refractivity contribution < 1.29 is 0 Å². The molecular weight excluding hydrogens is 396 g/mol. The first kappa shape index (κ1) is 23.1. The van der Waals surface area contributed by atoms with Gasteiger partial charge in [-0.3, -0.25) is 0 Å². The van der Waals surface area contributed by atoms with Crippen LogP contribution in [-0.4, -0.2) is 0 Å². The highest BCUT2D eigenvalue weighted by molar-refractivity contribution is 5.27. The number of hydrogen-bond acceptors (Lipinski definition) is 0. The van der Waals surface area contributed by atoms with Crippen molar-refractivity contribution in [3.05, 3.63) is 144 Å². The van der Waals surface area contributed by atoms with Crippen LogP contribution in [0.1, 0.15) is 79.0 Å². The second-order valence-electron chi connectivity index (χ2n) is 9.55.